The van der Waals surface area contributed by atoms with E-state index in [4.69, 9.17) is 0 Å². The second-order valence-electron chi connectivity index (χ2n) is 6.22. The van der Waals surface area contributed by atoms with Crippen molar-refractivity contribution in [3.63, 3.8) is 0 Å². The van der Waals surface area contributed by atoms with Gasteiger partial charge in [-0.2, -0.15) is 0 Å². The Morgan fingerprint density at radius 3 is 2.20 bits per heavy atom. The van der Waals surface area contributed by atoms with Crippen molar-refractivity contribution < 1.29 is 0 Å². The van der Waals surface area contributed by atoms with Gasteiger partial charge in [0.1, 0.15) is 0 Å². The third kappa shape index (κ3) is 4.60. The molecule has 1 fully saturated rings. The summed E-state index contributed by atoms with van der Waals surface area (Å²) >= 11 is 0. The normalized spacial score (nSPS) is 20.9. The van der Waals surface area contributed by atoms with Crippen LogP contribution in [0.4, 0.5) is 0 Å². The van der Waals surface area contributed by atoms with Gasteiger partial charge in [0.2, 0.25) is 0 Å². The highest BCUT2D eigenvalue weighted by molar-refractivity contribution is 5.19. The molecule has 0 aromatic heterocycles. The fraction of sp³-hybridized carbons (Fsp3) is 0.667. The molecule has 0 saturated carbocycles. The van der Waals surface area contributed by atoms with Gasteiger partial charge in [0, 0.05) is 12.6 Å². The third-order valence-electron chi connectivity index (χ3n) is 4.53. The summed E-state index contributed by atoms with van der Waals surface area (Å²) < 4.78 is 0. The van der Waals surface area contributed by atoms with Crippen LogP contribution >= 0.6 is 0 Å². The Labute approximate surface area is 124 Å². The third-order valence-corrected chi connectivity index (χ3v) is 4.53. The molecule has 2 heteroatoms. The Morgan fingerprint density at radius 1 is 1.00 bits per heavy atom. The topological polar surface area (TPSA) is 15.3 Å². The highest BCUT2D eigenvalue weighted by Gasteiger charge is 2.20. The predicted octanol–water partition coefficient (Wildman–Crippen LogP) is 3.85. The molecular formula is C18H30N2. The van der Waals surface area contributed by atoms with Gasteiger partial charge in [-0.05, 0) is 44.5 Å². The van der Waals surface area contributed by atoms with Gasteiger partial charge in [-0.3, -0.25) is 0 Å². The zero-order valence-electron chi connectivity index (χ0n) is 13.1. The first kappa shape index (κ1) is 15.5. The van der Waals surface area contributed by atoms with E-state index in [1.165, 1.54) is 57.3 Å². The van der Waals surface area contributed by atoms with Gasteiger partial charge in [0.05, 0.1) is 0 Å². The first-order valence-electron chi connectivity index (χ1n) is 8.26. The minimum Gasteiger partial charge on any atom is -0.313 e. The summed E-state index contributed by atoms with van der Waals surface area (Å²) in [7, 11) is 2.08. The minimum absolute atomic E-state index is 0.460. The molecule has 112 valence electrons. The Morgan fingerprint density at radius 2 is 1.60 bits per heavy atom. The smallest absolute Gasteiger partial charge is 0.0355 e. The monoisotopic (exact) mass is 274 g/mol. The molecule has 1 aromatic rings. The van der Waals surface area contributed by atoms with Crippen LogP contribution in [0.25, 0.3) is 0 Å². The van der Waals surface area contributed by atoms with Gasteiger partial charge in [-0.15, -0.1) is 0 Å². The van der Waals surface area contributed by atoms with Crippen LogP contribution in [0.3, 0.4) is 0 Å². The van der Waals surface area contributed by atoms with Crippen molar-refractivity contribution >= 4 is 0 Å². The zero-order valence-corrected chi connectivity index (χ0v) is 13.1. The molecule has 0 aliphatic carbocycles. The maximum absolute atomic E-state index is 3.51. The number of nitrogens with zero attached hydrogens (tertiary/aromatic N) is 1. The molecule has 20 heavy (non-hydrogen) atoms. The molecular weight excluding hydrogens is 244 g/mol. The van der Waals surface area contributed by atoms with Gasteiger partial charge < -0.3 is 10.2 Å². The van der Waals surface area contributed by atoms with Crippen LogP contribution in [0, 0.1) is 5.92 Å². The molecule has 1 heterocycles. The number of likely N-dealkylation sites (tertiary alicyclic amines) is 1. The molecule has 2 nitrogen and oxygen atoms in total. The largest absolute Gasteiger partial charge is 0.313 e. The summed E-state index contributed by atoms with van der Waals surface area (Å²) in [5.41, 5.74) is 1.41. The molecule has 1 saturated heterocycles. The molecule has 0 amide bonds. The Kier molecular flexibility index (Phi) is 6.55. The van der Waals surface area contributed by atoms with Gasteiger partial charge in [0.15, 0.2) is 0 Å². The number of benzene rings is 1. The molecule has 2 unspecified atom stereocenters. The average Bonchev–Trinajstić information content (AvgIpc) is 2.44. The second kappa shape index (κ2) is 8.43. The lowest BCUT2D eigenvalue weighted by atomic mass is 9.93. The Balaban J connectivity index is 1.92. The van der Waals surface area contributed by atoms with E-state index >= 15 is 0 Å². The summed E-state index contributed by atoms with van der Waals surface area (Å²) in [5, 5.41) is 3.51. The fourth-order valence-corrected chi connectivity index (χ4v) is 3.45. The predicted molar refractivity (Wildman–Crippen MR) is 86.9 cm³/mol. The number of rotatable bonds is 5. The van der Waals surface area contributed by atoms with Crippen molar-refractivity contribution in [1.82, 2.24) is 10.2 Å². The van der Waals surface area contributed by atoms with Gasteiger partial charge >= 0.3 is 0 Å². The maximum Gasteiger partial charge on any atom is 0.0355 e. The van der Waals surface area contributed by atoms with Crippen molar-refractivity contribution in [3.05, 3.63) is 35.9 Å². The van der Waals surface area contributed by atoms with Crippen LogP contribution in [0.15, 0.2) is 30.3 Å². The van der Waals surface area contributed by atoms with E-state index in [0.717, 1.165) is 0 Å². The standard InChI is InChI=1S/C18H30N2/c1-16(15-20-13-9-4-3-5-10-14-20)18(19-2)17-11-7-6-8-12-17/h6-8,11-12,16,18-19H,3-5,9-10,13-15H2,1-2H3. The van der Waals surface area contributed by atoms with E-state index in [0.29, 0.717) is 12.0 Å². The molecule has 0 radical (unpaired) electrons. The Bertz CT molecular complexity index is 355. The van der Waals surface area contributed by atoms with Crippen molar-refractivity contribution in [2.45, 2.75) is 45.1 Å². The van der Waals surface area contributed by atoms with E-state index < -0.39 is 0 Å². The van der Waals surface area contributed by atoms with Crippen molar-refractivity contribution in [3.8, 4) is 0 Å². The number of hydrogen-bond acceptors (Lipinski definition) is 2. The fourth-order valence-electron chi connectivity index (χ4n) is 3.45. The van der Waals surface area contributed by atoms with E-state index in [-0.39, 0.29) is 0 Å². The second-order valence-corrected chi connectivity index (χ2v) is 6.22. The summed E-state index contributed by atoms with van der Waals surface area (Å²) in [5.74, 6) is 0.641. The van der Waals surface area contributed by atoms with Crippen LogP contribution < -0.4 is 5.32 Å². The lowest BCUT2D eigenvalue weighted by Gasteiger charge is -2.31. The van der Waals surface area contributed by atoms with Gasteiger partial charge in [0.25, 0.3) is 0 Å². The summed E-state index contributed by atoms with van der Waals surface area (Å²) in [4.78, 5) is 2.68. The van der Waals surface area contributed by atoms with Crippen molar-refractivity contribution in [2.75, 3.05) is 26.7 Å². The summed E-state index contributed by atoms with van der Waals surface area (Å²) in [6.45, 7) is 6.17. The highest BCUT2D eigenvalue weighted by atomic mass is 15.1. The Hall–Kier alpha value is -0.860. The molecule has 1 aliphatic heterocycles. The molecule has 1 N–H and O–H groups in total. The zero-order chi connectivity index (χ0) is 14.2. The lowest BCUT2D eigenvalue weighted by Crippen LogP contribution is -2.36. The quantitative estimate of drug-likeness (QED) is 0.877. The van der Waals surface area contributed by atoms with Crippen LogP contribution in [0.5, 0.6) is 0 Å². The van der Waals surface area contributed by atoms with Crippen LogP contribution in [0.2, 0.25) is 0 Å². The summed E-state index contributed by atoms with van der Waals surface area (Å²) in [6, 6.07) is 11.3. The SMILES string of the molecule is CNC(c1ccccc1)C(C)CN1CCCCCCC1. The van der Waals surface area contributed by atoms with E-state index in [1.54, 1.807) is 0 Å². The van der Waals surface area contributed by atoms with E-state index in [9.17, 15) is 0 Å². The first-order chi connectivity index (χ1) is 9.81. The van der Waals surface area contributed by atoms with Gasteiger partial charge in [-0.25, -0.2) is 0 Å². The van der Waals surface area contributed by atoms with E-state index in [2.05, 4.69) is 54.5 Å². The number of hydrogen-bond donors (Lipinski definition) is 1. The minimum atomic E-state index is 0.460. The van der Waals surface area contributed by atoms with Crippen molar-refractivity contribution in [1.29, 1.82) is 0 Å². The van der Waals surface area contributed by atoms with Crippen LogP contribution in [-0.4, -0.2) is 31.6 Å². The molecule has 2 rings (SSSR count). The van der Waals surface area contributed by atoms with Crippen LogP contribution in [-0.2, 0) is 0 Å². The van der Waals surface area contributed by atoms with Gasteiger partial charge in [-0.1, -0.05) is 56.5 Å². The average molecular weight is 274 g/mol. The summed E-state index contributed by atoms with van der Waals surface area (Å²) in [6.07, 6.45) is 7.02. The molecule has 0 spiro atoms. The van der Waals surface area contributed by atoms with Crippen molar-refractivity contribution in [2.24, 2.45) is 5.92 Å². The molecule has 2 atom stereocenters. The highest BCUT2D eigenvalue weighted by Crippen LogP contribution is 2.23. The molecule has 1 aliphatic rings. The van der Waals surface area contributed by atoms with Crippen LogP contribution in [0.1, 0.15) is 50.6 Å². The van der Waals surface area contributed by atoms with E-state index in [1.807, 2.05) is 0 Å². The number of nitrogens with one attached hydrogen (secondary N) is 1. The first-order valence-corrected chi connectivity index (χ1v) is 8.26. The molecule has 0 bridgehead atoms. The maximum atomic E-state index is 3.51. The lowest BCUT2D eigenvalue weighted by molar-refractivity contribution is 0.198. The molecule has 1 aromatic carbocycles.